The Labute approximate surface area is 505 Å². The first kappa shape index (κ1) is 72.6. The number of hydrogen-bond donors (Lipinski definition) is 3. The van der Waals surface area contributed by atoms with Crippen molar-refractivity contribution < 1.29 is 63.7 Å². The van der Waals surface area contributed by atoms with Crippen LogP contribution in [0.4, 0.5) is 5.69 Å². The quantitative estimate of drug-likeness (QED) is 0.0242. The van der Waals surface area contributed by atoms with Crippen molar-refractivity contribution in [3.63, 3.8) is 0 Å². The number of unbranched alkanes of at least 4 members (excludes halogenated alkanes) is 24. The number of hydrogen-bond acceptors (Lipinski definition) is 14. The van der Waals surface area contributed by atoms with Crippen molar-refractivity contribution in [3.8, 4) is 5.75 Å². The maximum Gasteiger partial charge on any atom is 0.472 e. The van der Waals surface area contributed by atoms with Gasteiger partial charge >= 0.3 is 19.8 Å². The number of carbonyl (C=O) groups excluding carboxylic acids is 2. The van der Waals surface area contributed by atoms with Crippen LogP contribution in [-0.2, 0) is 52.8 Å². The molecule has 3 atom stereocenters. The number of likely N-dealkylation sites (N-methyl/N-ethyl adjacent to an activating group) is 1. The number of anilines is 1. The maximum atomic E-state index is 13.7. The Morgan fingerprint density at radius 2 is 1.15 bits per heavy atom. The molecule has 1 heterocycles. The molecule has 0 aromatic heterocycles. The van der Waals surface area contributed by atoms with Gasteiger partial charge in [-0.15, -0.1) is 0 Å². The number of phosphoric ester groups is 1. The molecular formula is C64H104N3O14PS2. The maximum absolute atomic E-state index is 13.7. The highest BCUT2D eigenvalue weighted by Crippen LogP contribution is 2.47. The fraction of sp³-hybridized carbons (Fsp3) is 0.688. The first-order chi connectivity index (χ1) is 40.4. The van der Waals surface area contributed by atoms with E-state index >= 15 is 0 Å². The number of esters is 2. The van der Waals surface area contributed by atoms with Crippen molar-refractivity contribution in [2.75, 3.05) is 57.4 Å². The number of nitrogens with one attached hydrogen (secondary N) is 1. The average molecular weight is 1230 g/mol. The van der Waals surface area contributed by atoms with Gasteiger partial charge in [0.05, 0.1) is 24.2 Å². The molecule has 2 unspecified atom stereocenters. The number of ether oxygens (including phenoxy) is 3. The minimum atomic E-state index is -5.07. The van der Waals surface area contributed by atoms with E-state index in [2.05, 4.69) is 42.2 Å². The second-order valence-corrected chi connectivity index (χ2v) is 26.9. The van der Waals surface area contributed by atoms with Gasteiger partial charge in [-0.25, -0.2) is 17.7 Å². The van der Waals surface area contributed by atoms with Crippen molar-refractivity contribution in [1.82, 2.24) is 9.62 Å². The number of nitrogens with zero attached hydrogens (tertiary/aromatic N) is 2. The third-order valence-electron chi connectivity index (χ3n) is 15.7. The third kappa shape index (κ3) is 26.2. The summed E-state index contributed by atoms with van der Waals surface area (Å²) in [4.78, 5) is 39.7. The zero-order valence-electron chi connectivity index (χ0n) is 51.8. The van der Waals surface area contributed by atoms with Gasteiger partial charge in [-0.2, -0.15) is 8.42 Å². The number of sulfonamides is 1. The van der Waals surface area contributed by atoms with Crippen LogP contribution in [-0.4, -0.2) is 108 Å². The van der Waals surface area contributed by atoms with E-state index in [0.717, 1.165) is 82.9 Å². The van der Waals surface area contributed by atoms with Crippen LogP contribution in [0, 0.1) is 0 Å². The van der Waals surface area contributed by atoms with Crippen LogP contribution in [0.5, 0.6) is 5.75 Å². The first-order valence-corrected chi connectivity index (χ1v) is 36.4. The predicted molar refractivity (Wildman–Crippen MR) is 335 cm³/mol. The number of carbonyl (C=O) groups is 2. The largest absolute Gasteiger partial charge is 0.472 e. The summed E-state index contributed by atoms with van der Waals surface area (Å²) in [5, 5.41) is 0. The highest BCUT2D eigenvalue weighted by atomic mass is 32.2. The first-order valence-electron chi connectivity index (χ1n) is 32.0. The van der Waals surface area contributed by atoms with Gasteiger partial charge in [-0.1, -0.05) is 200 Å². The Morgan fingerprint density at radius 3 is 1.67 bits per heavy atom. The van der Waals surface area contributed by atoms with E-state index in [9.17, 15) is 40.4 Å². The molecule has 2 aromatic rings. The molecule has 0 radical (unpaired) electrons. The molecule has 0 amide bonds. The summed E-state index contributed by atoms with van der Waals surface area (Å²) in [6, 6.07) is 8.88. The summed E-state index contributed by atoms with van der Waals surface area (Å²) in [6.07, 6.45) is 34.9. The topological polar surface area (TPSA) is 225 Å². The smallest absolute Gasteiger partial charge is 0.462 e. The second-order valence-electron chi connectivity index (χ2n) is 22.3. The van der Waals surface area contributed by atoms with Crippen LogP contribution >= 0.6 is 7.82 Å². The van der Waals surface area contributed by atoms with Crippen molar-refractivity contribution in [2.45, 2.75) is 243 Å². The summed E-state index contributed by atoms with van der Waals surface area (Å²) in [7, 11) is -14.5. The van der Waals surface area contributed by atoms with Crippen molar-refractivity contribution in [1.29, 1.82) is 0 Å². The van der Waals surface area contributed by atoms with E-state index in [0.29, 0.717) is 41.1 Å². The molecule has 1 aliphatic heterocycles. The Balaban J connectivity index is 1.36. The lowest BCUT2D eigenvalue weighted by atomic mass is 9.86. The zero-order chi connectivity index (χ0) is 61.2. The number of allylic oxidation sites excluding steroid dienone is 1. The number of benzene rings is 2. The molecule has 1 aliphatic carbocycles. The molecule has 0 saturated heterocycles. The molecule has 3 N–H and O–H groups in total. The van der Waals surface area contributed by atoms with Crippen molar-refractivity contribution in [3.05, 3.63) is 77.1 Å². The van der Waals surface area contributed by atoms with E-state index in [4.69, 9.17) is 23.3 Å². The monoisotopic (exact) mass is 1230 g/mol. The summed E-state index contributed by atoms with van der Waals surface area (Å²) < 4.78 is 108. The molecule has 0 saturated carbocycles. The summed E-state index contributed by atoms with van der Waals surface area (Å²) in [5.74, 6) is -0.117. The van der Waals surface area contributed by atoms with Crippen molar-refractivity contribution in [2.24, 2.45) is 0 Å². The van der Waals surface area contributed by atoms with Crippen molar-refractivity contribution >= 4 is 51.2 Å². The van der Waals surface area contributed by atoms with Gasteiger partial charge in [0.25, 0.3) is 10.1 Å². The van der Waals surface area contributed by atoms with Gasteiger partial charge in [-0.05, 0) is 70.1 Å². The van der Waals surface area contributed by atoms with Gasteiger partial charge in [0.2, 0.25) is 10.0 Å². The van der Waals surface area contributed by atoms with E-state index in [-0.39, 0.29) is 24.4 Å². The highest BCUT2D eigenvalue weighted by Gasteiger charge is 2.33. The molecule has 476 valence electrons. The Kier molecular flexibility index (Phi) is 34.4. The number of phosphoric acid groups is 1. The van der Waals surface area contributed by atoms with Gasteiger partial charge in [0, 0.05) is 66.5 Å². The number of rotatable bonds is 48. The molecule has 0 fully saturated rings. The van der Waals surface area contributed by atoms with E-state index in [1.807, 2.05) is 50.3 Å². The minimum absolute atomic E-state index is 0.0401. The molecule has 20 heteroatoms. The molecule has 4 rings (SSSR count). The SMILES string of the molecule is CCCCCCCCCCCCCCCC(=O)OC[C@H](COP(=O)(O)OCCNS(=O)(=O)c1ccc(C2=C3C=CC(N(CC)CC)C=C3Oc3cc(N(CC)CC)ccc32)c(S(=O)(=O)O)c1)OC(=O)CCCCCCCCCCCCCCC. The van der Waals surface area contributed by atoms with Crippen LogP contribution < -0.4 is 14.4 Å². The lowest BCUT2D eigenvalue weighted by Gasteiger charge is -2.33. The summed E-state index contributed by atoms with van der Waals surface area (Å²) >= 11 is 0. The zero-order valence-corrected chi connectivity index (χ0v) is 54.3. The van der Waals surface area contributed by atoms with Crippen LogP contribution in [0.2, 0.25) is 0 Å². The molecule has 84 heavy (non-hydrogen) atoms. The van der Waals surface area contributed by atoms with Crippen LogP contribution in [0.15, 0.2) is 75.7 Å². The van der Waals surface area contributed by atoms with Crippen LogP contribution in [0.25, 0.3) is 5.57 Å². The molecule has 0 bridgehead atoms. The second kappa shape index (κ2) is 39.8. The van der Waals surface area contributed by atoms with Crippen LogP contribution in [0.3, 0.4) is 0 Å². The summed E-state index contributed by atoms with van der Waals surface area (Å²) in [6.45, 7) is 13.3. The molecular weight excluding hydrogens is 1130 g/mol. The van der Waals surface area contributed by atoms with Gasteiger partial charge in [-0.3, -0.25) is 28.1 Å². The van der Waals surface area contributed by atoms with Gasteiger partial charge < -0.3 is 24.0 Å². The fourth-order valence-corrected chi connectivity index (χ4v) is 13.4. The van der Waals surface area contributed by atoms with Gasteiger partial charge in [0.1, 0.15) is 23.0 Å². The Bertz CT molecular complexity index is 2650. The minimum Gasteiger partial charge on any atom is -0.462 e. The lowest BCUT2D eigenvalue weighted by Crippen LogP contribution is -2.34. The standard InChI is InChI=1S/C64H104N3O14PS2/c1-7-13-15-17-19-21-23-25-27-29-31-33-35-37-62(68)77-50-54(80-63(69)38-36-34-32-30-28-26-24-22-20-18-16-14-8-2)51-79-82(70,71)78-46-45-65-83(72,73)55-41-44-58(61(49-55)84(74,75)76)64-56-42-39-52(66(9-3)10-4)47-59(56)81-60-48-53(40-43-57(60)64)67(11-5)12-6/h39-44,47-49,52,54,65H,7-38,45-46,50-51H2,1-6H3,(H,70,71)(H,74,75,76)/t52?,54-/m1/s1. The summed E-state index contributed by atoms with van der Waals surface area (Å²) in [5.41, 5.74) is 2.42. The third-order valence-corrected chi connectivity index (χ3v) is 19.1. The Morgan fingerprint density at radius 1 is 0.643 bits per heavy atom. The van der Waals surface area contributed by atoms with E-state index in [1.54, 1.807) is 0 Å². The van der Waals surface area contributed by atoms with Gasteiger partial charge in [0.15, 0.2) is 6.10 Å². The average Bonchev–Trinajstić information content (AvgIpc) is 1.60. The molecule has 2 aromatic carbocycles. The van der Waals surface area contributed by atoms with E-state index < -0.39 is 82.2 Å². The highest BCUT2D eigenvalue weighted by molar-refractivity contribution is 7.89. The fourth-order valence-electron chi connectivity index (χ4n) is 10.8. The van der Waals surface area contributed by atoms with E-state index in [1.165, 1.54) is 121 Å². The number of fused-ring (bicyclic) bond motifs is 2. The molecule has 17 nitrogen and oxygen atoms in total. The van der Waals surface area contributed by atoms with Crippen LogP contribution in [0.1, 0.15) is 232 Å². The molecule has 0 spiro atoms. The molecule has 2 aliphatic rings. The Hall–Kier alpha value is -3.91. The lowest BCUT2D eigenvalue weighted by molar-refractivity contribution is -0.161. The normalized spacial score (nSPS) is 15.3. The predicted octanol–water partition coefficient (Wildman–Crippen LogP) is 15.0.